The van der Waals surface area contributed by atoms with Gasteiger partial charge in [-0.3, -0.25) is 9.52 Å². The van der Waals surface area contributed by atoms with Gasteiger partial charge < -0.3 is 9.84 Å². The van der Waals surface area contributed by atoms with Crippen LogP contribution in [0.5, 0.6) is 0 Å². The number of hydrogen-bond donors (Lipinski definition) is 2. The van der Waals surface area contributed by atoms with Crippen molar-refractivity contribution >= 4 is 44.8 Å². The molecule has 3 aromatic rings. The van der Waals surface area contributed by atoms with Gasteiger partial charge in [0.2, 0.25) is 5.89 Å². The summed E-state index contributed by atoms with van der Waals surface area (Å²) in [4.78, 5) is 16.8. The summed E-state index contributed by atoms with van der Waals surface area (Å²) in [6, 6.07) is 10.0. The van der Waals surface area contributed by atoms with E-state index >= 15 is 0 Å². The molecule has 0 unspecified atom stereocenters. The number of nitrogens with zero attached hydrogens (tertiary/aromatic N) is 2. The molecule has 0 fully saturated rings. The fourth-order valence-corrected chi connectivity index (χ4v) is 3.99. The molecular weight excluding hydrogens is 451 g/mol. The number of aromatic nitrogens is 2. The molecule has 8 nitrogen and oxygen atoms in total. The molecule has 0 aliphatic rings. The summed E-state index contributed by atoms with van der Waals surface area (Å²) in [5, 5.41) is 7.00. The monoisotopic (exact) mass is 468 g/mol. The zero-order valence-electron chi connectivity index (χ0n) is 16.2. The Hall–Kier alpha value is -2.62. The quantitative estimate of drug-likeness (QED) is 0.561. The number of nitrogens with one attached hydrogen (secondary N) is 2. The molecule has 3 rings (SSSR count). The summed E-state index contributed by atoms with van der Waals surface area (Å²) in [7, 11) is -3.93. The molecule has 0 atom stereocenters. The average Bonchev–Trinajstić information content (AvgIpc) is 3.11. The maximum Gasteiger partial charge on any atom is 0.261 e. The number of halogens is 2. The van der Waals surface area contributed by atoms with E-state index < -0.39 is 21.5 Å². The molecule has 158 valence electrons. The third kappa shape index (κ3) is 4.92. The van der Waals surface area contributed by atoms with Crippen molar-refractivity contribution < 1.29 is 17.7 Å². The number of amides is 1. The van der Waals surface area contributed by atoms with Gasteiger partial charge in [-0.15, -0.1) is 0 Å². The molecule has 1 heterocycles. The summed E-state index contributed by atoms with van der Waals surface area (Å²) < 4.78 is 32.6. The summed E-state index contributed by atoms with van der Waals surface area (Å²) in [5.74, 6) is 0.272. The molecule has 0 aliphatic heterocycles. The second-order valence-electron chi connectivity index (χ2n) is 6.98. The molecule has 2 N–H and O–H groups in total. The van der Waals surface area contributed by atoms with Crippen molar-refractivity contribution in [3.63, 3.8) is 0 Å². The van der Waals surface area contributed by atoms with Crippen molar-refractivity contribution in [2.75, 3.05) is 4.72 Å². The average molecular weight is 469 g/mol. The SMILES string of the molecule is Cc1nc(C(C)(C)NC(=O)c2cccc(NS(=O)(=O)c3ccc(Cl)c(Cl)c3)c2)no1. The van der Waals surface area contributed by atoms with E-state index in [-0.39, 0.29) is 26.2 Å². The van der Waals surface area contributed by atoms with Crippen molar-refractivity contribution in [3.8, 4) is 0 Å². The lowest BCUT2D eigenvalue weighted by Crippen LogP contribution is -2.41. The highest BCUT2D eigenvalue weighted by atomic mass is 35.5. The van der Waals surface area contributed by atoms with Crippen LogP contribution in [0.25, 0.3) is 0 Å². The number of carbonyl (C=O) groups excluding carboxylic acids is 1. The molecular formula is C19H18Cl2N4O4S. The molecule has 2 aromatic carbocycles. The van der Waals surface area contributed by atoms with Gasteiger partial charge >= 0.3 is 0 Å². The van der Waals surface area contributed by atoms with E-state index in [1.807, 2.05) is 0 Å². The predicted octanol–water partition coefficient (Wildman–Crippen LogP) is 4.15. The Morgan fingerprint density at radius 3 is 2.47 bits per heavy atom. The Balaban J connectivity index is 1.80. The lowest BCUT2D eigenvalue weighted by Gasteiger charge is -2.22. The van der Waals surface area contributed by atoms with E-state index in [1.54, 1.807) is 32.9 Å². The van der Waals surface area contributed by atoms with E-state index in [2.05, 4.69) is 20.2 Å². The van der Waals surface area contributed by atoms with Gasteiger partial charge in [0.15, 0.2) is 5.82 Å². The standard InChI is InChI=1S/C19H18Cl2N4O4S/c1-11-22-18(24-29-11)19(2,3)23-17(26)12-5-4-6-13(9-12)25-30(27,28)14-7-8-15(20)16(21)10-14/h4-10,25H,1-3H3,(H,23,26). The normalized spacial score (nSPS) is 11.9. The number of carbonyl (C=O) groups is 1. The van der Waals surface area contributed by atoms with Gasteiger partial charge in [0.05, 0.1) is 20.5 Å². The second-order valence-corrected chi connectivity index (χ2v) is 9.48. The van der Waals surface area contributed by atoms with Crippen LogP contribution in [0.1, 0.15) is 35.9 Å². The Bertz CT molecular complexity index is 1210. The molecule has 0 spiro atoms. The van der Waals surface area contributed by atoms with Crippen LogP contribution in [0.2, 0.25) is 10.0 Å². The first-order valence-electron chi connectivity index (χ1n) is 8.69. The van der Waals surface area contributed by atoms with Crippen LogP contribution in [0, 0.1) is 6.92 Å². The molecule has 0 bridgehead atoms. The topological polar surface area (TPSA) is 114 Å². The molecule has 0 radical (unpaired) electrons. The minimum Gasteiger partial charge on any atom is -0.340 e. The largest absolute Gasteiger partial charge is 0.340 e. The first-order chi connectivity index (χ1) is 14.0. The molecule has 1 amide bonds. The number of aryl methyl sites for hydroxylation is 1. The highest BCUT2D eigenvalue weighted by molar-refractivity contribution is 7.92. The van der Waals surface area contributed by atoms with Gasteiger partial charge in [0.25, 0.3) is 15.9 Å². The zero-order chi connectivity index (χ0) is 22.1. The smallest absolute Gasteiger partial charge is 0.261 e. The lowest BCUT2D eigenvalue weighted by atomic mass is 10.0. The first-order valence-corrected chi connectivity index (χ1v) is 10.9. The zero-order valence-corrected chi connectivity index (χ0v) is 18.6. The highest BCUT2D eigenvalue weighted by Gasteiger charge is 2.29. The van der Waals surface area contributed by atoms with Gasteiger partial charge in [-0.2, -0.15) is 4.98 Å². The van der Waals surface area contributed by atoms with Crippen LogP contribution in [0.3, 0.4) is 0 Å². The van der Waals surface area contributed by atoms with E-state index in [1.165, 1.54) is 30.3 Å². The Kier molecular flexibility index (Phi) is 6.07. The number of sulfonamides is 1. The maximum atomic E-state index is 12.7. The van der Waals surface area contributed by atoms with Gasteiger partial charge in [-0.1, -0.05) is 34.4 Å². The predicted molar refractivity (Wildman–Crippen MR) is 113 cm³/mol. The van der Waals surface area contributed by atoms with Gasteiger partial charge in [0, 0.05) is 18.2 Å². The van der Waals surface area contributed by atoms with Crippen molar-refractivity contribution in [1.82, 2.24) is 15.5 Å². The minimum atomic E-state index is -3.93. The molecule has 0 saturated carbocycles. The van der Waals surface area contributed by atoms with Crippen LogP contribution in [-0.2, 0) is 15.6 Å². The number of rotatable bonds is 6. The van der Waals surface area contributed by atoms with Crippen molar-refractivity contribution in [2.45, 2.75) is 31.2 Å². The first kappa shape index (κ1) is 22.1. The molecule has 0 saturated heterocycles. The Labute approximate surface area is 183 Å². The van der Waals surface area contributed by atoms with Crippen molar-refractivity contribution in [3.05, 3.63) is 69.8 Å². The molecule has 30 heavy (non-hydrogen) atoms. The van der Waals surface area contributed by atoms with E-state index in [9.17, 15) is 13.2 Å². The van der Waals surface area contributed by atoms with Gasteiger partial charge in [0.1, 0.15) is 0 Å². The maximum absolute atomic E-state index is 12.7. The Morgan fingerprint density at radius 2 is 1.83 bits per heavy atom. The third-order valence-corrected chi connectivity index (χ3v) is 6.21. The second kappa shape index (κ2) is 8.25. The summed E-state index contributed by atoms with van der Waals surface area (Å²) in [5.41, 5.74) is -0.440. The van der Waals surface area contributed by atoms with Crippen LogP contribution in [0.15, 0.2) is 51.9 Å². The van der Waals surface area contributed by atoms with E-state index in [0.717, 1.165) is 0 Å². The molecule has 0 aliphatic carbocycles. The Morgan fingerprint density at radius 1 is 1.10 bits per heavy atom. The number of anilines is 1. The third-order valence-electron chi connectivity index (χ3n) is 4.09. The van der Waals surface area contributed by atoms with Crippen LogP contribution in [0.4, 0.5) is 5.69 Å². The summed E-state index contributed by atoms with van der Waals surface area (Å²) in [6.45, 7) is 5.11. The van der Waals surface area contributed by atoms with Crippen molar-refractivity contribution in [1.29, 1.82) is 0 Å². The highest BCUT2D eigenvalue weighted by Crippen LogP contribution is 2.26. The van der Waals surface area contributed by atoms with Crippen LogP contribution >= 0.6 is 23.2 Å². The lowest BCUT2D eigenvalue weighted by molar-refractivity contribution is 0.0907. The van der Waals surface area contributed by atoms with Crippen LogP contribution < -0.4 is 10.0 Å². The van der Waals surface area contributed by atoms with Crippen molar-refractivity contribution in [2.24, 2.45) is 0 Å². The number of benzene rings is 2. The van der Waals surface area contributed by atoms with E-state index in [4.69, 9.17) is 27.7 Å². The summed E-state index contributed by atoms with van der Waals surface area (Å²) >= 11 is 11.7. The fraction of sp³-hybridized carbons (Fsp3) is 0.211. The number of hydrogen-bond acceptors (Lipinski definition) is 6. The minimum absolute atomic E-state index is 0.0552. The molecule has 11 heteroatoms. The van der Waals surface area contributed by atoms with Crippen LogP contribution in [-0.4, -0.2) is 24.5 Å². The van der Waals surface area contributed by atoms with Gasteiger partial charge in [-0.25, -0.2) is 8.42 Å². The fourth-order valence-electron chi connectivity index (χ4n) is 2.55. The van der Waals surface area contributed by atoms with Gasteiger partial charge in [-0.05, 0) is 50.2 Å². The molecule has 1 aromatic heterocycles. The summed E-state index contributed by atoms with van der Waals surface area (Å²) in [6.07, 6.45) is 0. The van der Waals surface area contributed by atoms with E-state index in [0.29, 0.717) is 11.7 Å².